The van der Waals surface area contributed by atoms with Gasteiger partial charge in [-0.3, -0.25) is 37.3 Å². The van der Waals surface area contributed by atoms with E-state index in [1.165, 1.54) is 116 Å². The Morgan fingerprint density at radius 3 is 0.898 bits per heavy atom. The third-order valence-corrected chi connectivity index (χ3v) is 18.2. The molecule has 0 rings (SSSR count). The summed E-state index contributed by atoms with van der Waals surface area (Å²) in [6, 6.07) is 0. The van der Waals surface area contributed by atoms with Gasteiger partial charge in [0.05, 0.1) is 26.4 Å². The van der Waals surface area contributed by atoms with Gasteiger partial charge in [-0.25, -0.2) is 9.13 Å². The van der Waals surface area contributed by atoms with Crippen molar-refractivity contribution in [1.82, 2.24) is 0 Å². The van der Waals surface area contributed by atoms with E-state index in [1.807, 2.05) is 12.2 Å². The molecule has 0 amide bonds. The van der Waals surface area contributed by atoms with Crippen LogP contribution in [0.4, 0.5) is 0 Å². The molecular weight excluding hydrogens is 1280 g/mol. The van der Waals surface area contributed by atoms with Crippen LogP contribution in [0, 0.1) is 0 Å². The molecule has 0 aliphatic rings. The fraction of sp³-hybridized carbons (Fsp3) is 0.772. The largest absolute Gasteiger partial charge is 0.472 e. The molecule has 0 aliphatic heterocycles. The van der Waals surface area contributed by atoms with E-state index in [1.54, 1.807) is 0 Å². The van der Waals surface area contributed by atoms with Crippen molar-refractivity contribution >= 4 is 39.5 Å². The molecule has 19 heteroatoms. The van der Waals surface area contributed by atoms with Crippen LogP contribution in [0.2, 0.25) is 0 Å². The second-order valence-electron chi connectivity index (χ2n) is 25.9. The normalized spacial score (nSPS) is 14.4. The second kappa shape index (κ2) is 71.6. The van der Waals surface area contributed by atoms with E-state index in [2.05, 4.69) is 101 Å². The fourth-order valence-corrected chi connectivity index (χ4v) is 12.0. The summed E-state index contributed by atoms with van der Waals surface area (Å²) in [7, 11) is -9.96. The third kappa shape index (κ3) is 70.7. The summed E-state index contributed by atoms with van der Waals surface area (Å²) in [5, 5.41) is 10.6. The highest BCUT2D eigenvalue weighted by Gasteiger charge is 2.30. The van der Waals surface area contributed by atoms with Crippen molar-refractivity contribution < 1.29 is 80.2 Å². The van der Waals surface area contributed by atoms with Crippen molar-refractivity contribution in [2.75, 3.05) is 39.6 Å². The zero-order valence-electron chi connectivity index (χ0n) is 62.0. The zero-order valence-corrected chi connectivity index (χ0v) is 63.7. The van der Waals surface area contributed by atoms with Gasteiger partial charge in [-0.15, -0.1) is 0 Å². The molecule has 0 fully saturated rings. The lowest BCUT2D eigenvalue weighted by Crippen LogP contribution is -2.30. The molecule has 5 atom stereocenters. The predicted molar refractivity (Wildman–Crippen MR) is 399 cm³/mol. The van der Waals surface area contributed by atoms with Crippen LogP contribution in [0.5, 0.6) is 0 Å². The molecule has 5 unspecified atom stereocenters. The molecule has 0 bridgehead atoms. The molecule has 568 valence electrons. The number of aliphatic hydroxyl groups is 1. The number of allylic oxidation sites excluding steroid dienone is 14. The van der Waals surface area contributed by atoms with Crippen LogP contribution >= 0.6 is 15.6 Å². The number of rotatable bonds is 73. The van der Waals surface area contributed by atoms with Crippen LogP contribution in [-0.4, -0.2) is 96.7 Å². The smallest absolute Gasteiger partial charge is 0.462 e. The maximum atomic E-state index is 13.1. The first-order valence-electron chi connectivity index (χ1n) is 38.8. The number of carbonyl (C=O) groups excluding carboxylic acids is 4. The van der Waals surface area contributed by atoms with Crippen molar-refractivity contribution in [2.24, 2.45) is 0 Å². The van der Waals surface area contributed by atoms with E-state index in [-0.39, 0.29) is 25.7 Å². The number of phosphoric ester groups is 2. The van der Waals surface area contributed by atoms with E-state index in [0.717, 1.165) is 135 Å². The molecule has 98 heavy (non-hydrogen) atoms. The number of unbranched alkanes of at least 4 members (excludes halogenated alkanes) is 33. The van der Waals surface area contributed by atoms with Gasteiger partial charge in [-0.2, -0.15) is 0 Å². The first kappa shape index (κ1) is 94.2. The Morgan fingerprint density at radius 1 is 0.296 bits per heavy atom. The summed E-state index contributed by atoms with van der Waals surface area (Å²) in [5.74, 6) is -2.24. The first-order chi connectivity index (χ1) is 47.7. The Hall–Kier alpha value is -3.76. The fourth-order valence-electron chi connectivity index (χ4n) is 10.4. The number of aliphatic hydroxyl groups excluding tert-OH is 1. The zero-order chi connectivity index (χ0) is 71.8. The average Bonchev–Trinajstić information content (AvgIpc) is 0.986. The van der Waals surface area contributed by atoms with Crippen molar-refractivity contribution in [3.8, 4) is 0 Å². The number of esters is 4. The summed E-state index contributed by atoms with van der Waals surface area (Å²) in [6.45, 7) is 4.67. The first-order valence-corrected chi connectivity index (χ1v) is 41.8. The van der Waals surface area contributed by atoms with Crippen LogP contribution in [0.1, 0.15) is 336 Å². The van der Waals surface area contributed by atoms with E-state index >= 15 is 0 Å². The molecular formula is C79H140O17P2. The van der Waals surface area contributed by atoms with Gasteiger partial charge in [0.1, 0.15) is 19.3 Å². The van der Waals surface area contributed by atoms with Crippen LogP contribution < -0.4 is 0 Å². The number of hydrogen-bond donors (Lipinski definition) is 3. The number of phosphoric acid groups is 2. The van der Waals surface area contributed by atoms with Gasteiger partial charge in [0.2, 0.25) is 0 Å². The van der Waals surface area contributed by atoms with Gasteiger partial charge in [0.15, 0.2) is 12.2 Å². The quantitative estimate of drug-likeness (QED) is 0.0169. The molecule has 0 aromatic heterocycles. The monoisotopic (exact) mass is 1420 g/mol. The van der Waals surface area contributed by atoms with Crippen molar-refractivity contribution in [1.29, 1.82) is 0 Å². The summed E-state index contributed by atoms with van der Waals surface area (Å²) in [4.78, 5) is 72.8. The molecule has 0 saturated heterocycles. The minimum atomic E-state index is -4.98. The lowest BCUT2D eigenvalue weighted by Gasteiger charge is -2.21. The minimum absolute atomic E-state index is 0.0731. The van der Waals surface area contributed by atoms with E-state index in [4.69, 9.17) is 37.0 Å². The SMILES string of the molecule is CC/C=C\C/C=C\C/C=C\C/C=C\C/C=C\CCCC(=O)OCC(COP(=O)(O)OCC(O)COP(=O)(O)OCC(COC(=O)CCCCCCC/C=C\CCCCCCCC)OC(=O)CCCCCCCCCCCCCCCCC)OC(=O)CCCCCCC/C=C\CCCC. The van der Waals surface area contributed by atoms with Crippen molar-refractivity contribution in [2.45, 2.75) is 354 Å². The topological polar surface area (TPSA) is 237 Å². The lowest BCUT2D eigenvalue weighted by atomic mass is 10.0. The molecule has 0 heterocycles. The second-order valence-corrected chi connectivity index (χ2v) is 28.8. The Labute approximate surface area is 595 Å². The highest BCUT2D eigenvalue weighted by atomic mass is 31.2. The van der Waals surface area contributed by atoms with Crippen LogP contribution in [0.15, 0.2) is 85.1 Å². The Bertz CT molecular complexity index is 2190. The lowest BCUT2D eigenvalue weighted by molar-refractivity contribution is -0.161. The predicted octanol–water partition coefficient (Wildman–Crippen LogP) is 22.2. The van der Waals surface area contributed by atoms with E-state index in [9.17, 15) is 43.2 Å². The molecule has 0 aromatic rings. The Balaban J connectivity index is 5.35. The molecule has 0 aliphatic carbocycles. The Kier molecular flexibility index (Phi) is 68.9. The van der Waals surface area contributed by atoms with Gasteiger partial charge in [-0.1, -0.05) is 286 Å². The molecule has 0 aromatic carbocycles. The minimum Gasteiger partial charge on any atom is -0.462 e. The third-order valence-electron chi connectivity index (χ3n) is 16.3. The van der Waals surface area contributed by atoms with Crippen LogP contribution in [-0.2, 0) is 65.4 Å². The van der Waals surface area contributed by atoms with Crippen molar-refractivity contribution in [3.63, 3.8) is 0 Å². The van der Waals surface area contributed by atoms with Gasteiger partial charge < -0.3 is 33.8 Å². The van der Waals surface area contributed by atoms with E-state index < -0.39 is 97.5 Å². The standard InChI is InChI=1S/C79H140O17P2/c1-5-9-13-17-21-25-29-32-35-36-39-41-45-48-52-56-60-64-77(82)89-69-74(95-78(83)65-61-57-53-49-43-28-24-20-16-12-8-4)71-93-97(85,86)91-67-73(80)68-92-98(87,88)94-72-75(96-79(84)66-62-58-54-50-46-42-38-34-31-27-23-19-15-11-7-3)70-90-76(81)63-59-55-51-47-44-40-37-33-30-26-22-18-14-10-6-2/h9,13,20-21,24-25,32-33,35,37,39,41,48,52,73-75,80H,5-8,10-12,14-19,22-23,26-31,34,36,38,40,42-47,49-51,53-72H2,1-4H3,(H,85,86)(H,87,88)/b13-9-,24-20-,25-21-,35-32-,37-33-,41-39-,52-48-. The van der Waals surface area contributed by atoms with Crippen LogP contribution in [0.3, 0.4) is 0 Å². The molecule has 0 radical (unpaired) electrons. The summed E-state index contributed by atoms with van der Waals surface area (Å²) in [6.07, 6.45) is 73.0. The highest BCUT2D eigenvalue weighted by molar-refractivity contribution is 7.47. The average molecular weight is 1420 g/mol. The molecule has 3 N–H and O–H groups in total. The molecule has 0 saturated carbocycles. The Morgan fingerprint density at radius 2 is 0.551 bits per heavy atom. The number of hydrogen-bond acceptors (Lipinski definition) is 15. The molecule has 17 nitrogen and oxygen atoms in total. The van der Waals surface area contributed by atoms with Crippen molar-refractivity contribution in [3.05, 3.63) is 85.1 Å². The van der Waals surface area contributed by atoms with Gasteiger partial charge >= 0.3 is 39.5 Å². The van der Waals surface area contributed by atoms with Gasteiger partial charge in [0, 0.05) is 25.7 Å². The van der Waals surface area contributed by atoms with Gasteiger partial charge in [-0.05, 0) is 109 Å². The maximum absolute atomic E-state index is 13.1. The van der Waals surface area contributed by atoms with Crippen LogP contribution in [0.25, 0.3) is 0 Å². The van der Waals surface area contributed by atoms with Gasteiger partial charge in [0.25, 0.3) is 0 Å². The maximum Gasteiger partial charge on any atom is 0.472 e. The number of ether oxygens (including phenoxy) is 4. The number of carbonyl (C=O) groups is 4. The summed E-state index contributed by atoms with van der Waals surface area (Å²) < 4.78 is 68.4. The van der Waals surface area contributed by atoms with E-state index in [0.29, 0.717) is 32.1 Å². The summed E-state index contributed by atoms with van der Waals surface area (Å²) in [5.41, 5.74) is 0. The molecule has 0 spiro atoms. The summed E-state index contributed by atoms with van der Waals surface area (Å²) >= 11 is 0. The highest BCUT2D eigenvalue weighted by Crippen LogP contribution is 2.45.